The average Bonchev–Trinajstić information content (AvgIpc) is 2.48. The fraction of sp³-hybridized carbons (Fsp3) is 0.611. The van der Waals surface area contributed by atoms with E-state index in [0.29, 0.717) is 5.92 Å². The maximum Gasteiger partial charge on any atom is 0.233 e. The van der Waals surface area contributed by atoms with Gasteiger partial charge in [-0.1, -0.05) is 38.5 Å². The van der Waals surface area contributed by atoms with Gasteiger partial charge in [0, 0.05) is 24.0 Å². The number of hydrogen-bond acceptors (Lipinski definition) is 3. The topological polar surface area (TPSA) is 38.3 Å². The lowest BCUT2D eigenvalue weighted by Crippen LogP contribution is -2.47. The summed E-state index contributed by atoms with van der Waals surface area (Å²) in [6, 6.07) is 10.1. The number of thioether (sulfide) groups is 1. The van der Waals surface area contributed by atoms with Crippen LogP contribution in [0.5, 0.6) is 0 Å². The van der Waals surface area contributed by atoms with E-state index in [2.05, 4.69) is 31.3 Å². The van der Waals surface area contributed by atoms with E-state index in [4.69, 9.17) is 4.74 Å². The van der Waals surface area contributed by atoms with Crippen molar-refractivity contribution in [2.24, 2.45) is 11.3 Å². The van der Waals surface area contributed by atoms with Crippen molar-refractivity contribution in [3.63, 3.8) is 0 Å². The van der Waals surface area contributed by atoms with E-state index in [1.807, 2.05) is 18.2 Å². The van der Waals surface area contributed by atoms with Gasteiger partial charge in [0.2, 0.25) is 5.91 Å². The van der Waals surface area contributed by atoms with E-state index in [1.54, 1.807) is 18.9 Å². The molecular weight excluding hydrogens is 294 g/mol. The van der Waals surface area contributed by atoms with E-state index in [0.717, 1.165) is 30.9 Å². The Hall–Kier alpha value is -1.00. The molecule has 1 aromatic carbocycles. The fourth-order valence-electron chi connectivity index (χ4n) is 2.87. The third-order valence-corrected chi connectivity index (χ3v) is 5.93. The second kappa shape index (κ2) is 8.02. The molecule has 0 bridgehead atoms. The summed E-state index contributed by atoms with van der Waals surface area (Å²) in [6.45, 7) is 5.69. The van der Waals surface area contributed by atoms with Crippen molar-refractivity contribution in [1.29, 1.82) is 0 Å². The molecule has 0 aliphatic heterocycles. The van der Waals surface area contributed by atoms with Gasteiger partial charge in [0.25, 0.3) is 0 Å². The molecular formula is C18H27NO2S. The summed E-state index contributed by atoms with van der Waals surface area (Å²) in [5, 5.41) is 3.12. The monoisotopic (exact) mass is 321 g/mol. The molecule has 0 unspecified atom stereocenters. The van der Waals surface area contributed by atoms with Gasteiger partial charge in [-0.05, 0) is 30.9 Å². The highest BCUT2D eigenvalue weighted by molar-refractivity contribution is 8.00. The van der Waals surface area contributed by atoms with Gasteiger partial charge in [-0.2, -0.15) is 0 Å². The summed E-state index contributed by atoms with van der Waals surface area (Å²) in [5.74, 6) is 0.441. The number of ether oxygens (including phenoxy) is 1. The minimum absolute atomic E-state index is 0.0536. The van der Waals surface area contributed by atoms with Crippen LogP contribution in [0.2, 0.25) is 0 Å². The van der Waals surface area contributed by atoms with Crippen LogP contribution in [0, 0.1) is 11.3 Å². The van der Waals surface area contributed by atoms with Crippen LogP contribution in [0.15, 0.2) is 35.2 Å². The third kappa shape index (κ3) is 4.50. The van der Waals surface area contributed by atoms with Crippen molar-refractivity contribution in [2.45, 2.75) is 43.3 Å². The van der Waals surface area contributed by atoms with E-state index in [9.17, 15) is 4.79 Å². The minimum atomic E-state index is -0.0536. The van der Waals surface area contributed by atoms with Gasteiger partial charge in [0.15, 0.2) is 0 Å². The van der Waals surface area contributed by atoms with Crippen molar-refractivity contribution in [3.05, 3.63) is 30.3 Å². The molecule has 1 aromatic rings. The molecule has 1 N–H and O–H groups in total. The van der Waals surface area contributed by atoms with Crippen LogP contribution >= 0.6 is 11.8 Å². The molecule has 2 rings (SSSR count). The Balaban J connectivity index is 1.92. The molecule has 0 aromatic heterocycles. The quantitative estimate of drug-likeness (QED) is 0.741. The zero-order valence-corrected chi connectivity index (χ0v) is 14.6. The maximum atomic E-state index is 12.6. The first-order valence-electron chi connectivity index (χ1n) is 8.05. The van der Waals surface area contributed by atoms with Crippen LogP contribution in [-0.4, -0.2) is 31.4 Å². The van der Waals surface area contributed by atoms with Crippen LogP contribution in [0.3, 0.4) is 0 Å². The van der Waals surface area contributed by atoms with Gasteiger partial charge in [0.05, 0.1) is 11.9 Å². The van der Waals surface area contributed by atoms with E-state index in [-0.39, 0.29) is 16.6 Å². The van der Waals surface area contributed by atoms with Gasteiger partial charge >= 0.3 is 0 Å². The predicted octanol–water partition coefficient (Wildman–Crippen LogP) is 3.74. The Kier molecular flexibility index (Phi) is 6.33. The maximum absolute atomic E-state index is 12.6. The molecule has 22 heavy (non-hydrogen) atoms. The number of hydrogen-bond donors (Lipinski definition) is 1. The highest BCUT2D eigenvalue weighted by Crippen LogP contribution is 2.40. The summed E-state index contributed by atoms with van der Waals surface area (Å²) in [6.07, 6.45) is 3.55. The van der Waals surface area contributed by atoms with Crippen LogP contribution < -0.4 is 5.32 Å². The standard InChI is InChI=1S/C18H27NO2S/c1-14(2)16(22-15-8-5-4-6-9-15)17(20)19-12-18(13-21-3)10-7-11-18/h4-6,8-9,14,16H,7,10-13H2,1-3H3,(H,19,20)/t16-/m1/s1. The molecule has 4 heteroatoms. The molecule has 122 valence electrons. The van der Waals surface area contributed by atoms with Crippen LogP contribution in [0.25, 0.3) is 0 Å². The second-order valence-corrected chi connectivity index (χ2v) is 7.81. The van der Waals surface area contributed by atoms with Crippen LogP contribution in [-0.2, 0) is 9.53 Å². The first-order valence-corrected chi connectivity index (χ1v) is 8.93. The molecule has 1 aliphatic carbocycles. The summed E-state index contributed by atoms with van der Waals surface area (Å²) < 4.78 is 5.33. The number of nitrogens with one attached hydrogen (secondary N) is 1. The van der Waals surface area contributed by atoms with Crippen LogP contribution in [0.4, 0.5) is 0 Å². The van der Waals surface area contributed by atoms with E-state index < -0.39 is 0 Å². The molecule has 1 fully saturated rings. The van der Waals surface area contributed by atoms with Crippen molar-refractivity contribution in [1.82, 2.24) is 5.32 Å². The molecule has 0 saturated heterocycles. The minimum Gasteiger partial charge on any atom is -0.384 e. The molecule has 0 spiro atoms. The number of carbonyl (C=O) groups excluding carboxylic acids is 1. The molecule has 3 nitrogen and oxygen atoms in total. The number of benzene rings is 1. The lowest BCUT2D eigenvalue weighted by atomic mass is 9.69. The largest absolute Gasteiger partial charge is 0.384 e. The molecule has 1 aliphatic rings. The number of rotatable bonds is 8. The molecule has 0 radical (unpaired) electrons. The van der Waals surface area contributed by atoms with Gasteiger partial charge in [-0.3, -0.25) is 4.79 Å². The van der Waals surface area contributed by atoms with Crippen molar-refractivity contribution < 1.29 is 9.53 Å². The Morgan fingerprint density at radius 2 is 2.00 bits per heavy atom. The fourth-order valence-corrected chi connectivity index (χ4v) is 3.94. The Morgan fingerprint density at radius 3 is 2.50 bits per heavy atom. The molecule has 1 atom stereocenters. The Bertz CT molecular complexity index is 471. The van der Waals surface area contributed by atoms with Crippen molar-refractivity contribution >= 4 is 17.7 Å². The lowest BCUT2D eigenvalue weighted by molar-refractivity contribution is -0.122. The molecule has 0 heterocycles. The number of amides is 1. The lowest BCUT2D eigenvalue weighted by Gasteiger charge is -2.41. The first-order chi connectivity index (χ1) is 10.6. The second-order valence-electron chi connectivity index (χ2n) is 6.60. The predicted molar refractivity (Wildman–Crippen MR) is 92.1 cm³/mol. The summed E-state index contributed by atoms with van der Waals surface area (Å²) in [7, 11) is 1.74. The highest BCUT2D eigenvalue weighted by atomic mass is 32.2. The van der Waals surface area contributed by atoms with Gasteiger partial charge < -0.3 is 10.1 Å². The summed E-state index contributed by atoms with van der Waals surface area (Å²) in [4.78, 5) is 13.8. The van der Waals surface area contributed by atoms with Crippen molar-refractivity contribution in [2.75, 3.05) is 20.3 Å². The van der Waals surface area contributed by atoms with Gasteiger partial charge in [-0.25, -0.2) is 0 Å². The Labute approximate surface area is 138 Å². The zero-order valence-electron chi connectivity index (χ0n) is 13.8. The van der Waals surface area contributed by atoms with Gasteiger partial charge in [-0.15, -0.1) is 11.8 Å². The Morgan fingerprint density at radius 1 is 1.32 bits per heavy atom. The molecule has 1 amide bonds. The smallest absolute Gasteiger partial charge is 0.233 e. The van der Waals surface area contributed by atoms with Crippen LogP contribution in [0.1, 0.15) is 33.1 Å². The van der Waals surface area contributed by atoms with E-state index >= 15 is 0 Å². The summed E-state index contributed by atoms with van der Waals surface area (Å²) >= 11 is 1.65. The first kappa shape index (κ1) is 17.4. The average molecular weight is 321 g/mol. The van der Waals surface area contributed by atoms with Crippen molar-refractivity contribution in [3.8, 4) is 0 Å². The SMILES string of the molecule is COCC1(CNC(=O)[C@H](Sc2ccccc2)C(C)C)CCC1. The number of methoxy groups -OCH3 is 1. The third-order valence-electron chi connectivity index (χ3n) is 4.37. The normalized spacial score (nSPS) is 17.8. The summed E-state index contributed by atoms with van der Waals surface area (Å²) in [5.41, 5.74) is 0.170. The van der Waals surface area contributed by atoms with Gasteiger partial charge in [0.1, 0.15) is 0 Å². The van der Waals surface area contributed by atoms with E-state index in [1.165, 1.54) is 6.42 Å². The highest BCUT2D eigenvalue weighted by Gasteiger charge is 2.38. The molecule has 1 saturated carbocycles. The number of carbonyl (C=O) groups is 1. The zero-order chi connectivity index (χ0) is 16.0.